The van der Waals surface area contributed by atoms with Gasteiger partial charge in [-0.1, -0.05) is 95.1 Å². The number of carbonyl (C=O) groups is 2. The second-order valence-electron chi connectivity index (χ2n) is 10.4. The lowest BCUT2D eigenvalue weighted by molar-refractivity contribution is -0.140. The van der Waals surface area contributed by atoms with E-state index in [-0.39, 0.29) is 23.8 Å². The Balaban J connectivity index is 1.81. The SMILES string of the molecule is CCCNC(=O)[C@H](Cc1ccccc1)N(Cc1ccc(Br)cc1)C(=O)CN(c1ccc(Cl)cc1C)S(=O)(=O)c1ccccc1. The molecule has 1 N–H and O–H groups in total. The maximum Gasteiger partial charge on any atom is 0.264 e. The highest BCUT2D eigenvalue weighted by Gasteiger charge is 2.35. The van der Waals surface area contributed by atoms with Crippen molar-refractivity contribution in [1.82, 2.24) is 10.2 Å². The molecule has 44 heavy (non-hydrogen) atoms. The van der Waals surface area contributed by atoms with Gasteiger partial charge in [0.25, 0.3) is 10.0 Å². The minimum atomic E-state index is -4.18. The molecule has 0 bridgehead atoms. The van der Waals surface area contributed by atoms with Crippen molar-refractivity contribution in [2.45, 2.75) is 44.2 Å². The van der Waals surface area contributed by atoms with Gasteiger partial charge in [-0.2, -0.15) is 0 Å². The number of nitrogens with one attached hydrogen (secondary N) is 1. The van der Waals surface area contributed by atoms with E-state index in [9.17, 15) is 18.0 Å². The van der Waals surface area contributed by atoms with E-state index in [0.717, 1.165) is 26.3 Å². The van der Waals surface area contributed by atoms with Crippen molar-refractivity contribution in [3.05, 3.63) is 129 Å². The molecule has 0 heterocycles. The number of sulfonamides is 1. The molecule has 0 fully saturated rings. The van der Waals surface area contributed by atoms with E-state index in [2.05, 4.69) is 21.2 Å². The second kappa shape index (κ2) is 15.4. The van der Waals surface area contributed by atoms with Crippen molar-refractivity contribution < 1.29 is 18.0 Å². The third kappa shape index (κ3) is 8.49. The molecule has 0 radical (unpaired) electrons. The molecule has 230 valence electrons. The molecule has 4 aromatic carbocycles. The number of rotatable bonds is 13. The van der Waals surface area contributed by atoms with Crippen molar-refractivity contribution in [2.24, 2.45) is 0 Å². The van der Waals surface area contributed by atoms with Crippen LogP contribution in [0.25, 0.3) is 0 Å². The van der Waals surface area contributed by atoms with E-state index < -0.39 is 28.5 Å². The number of aryl methyl sites for hydroxylation is 1. The average molecular weight is 697 g/mol. The number of anilines is 1. The predicted molar refractivity (Wildman–Crippen MR) is 179 cm³/mol. The van der Waals surface area contributed by atoms with E-state index >= 15 is 0 Å². The van der Waals surface area contributed by atoms with Crippen molar-refractivity contribution in [1.29, 1.82) is 0 Å². The van der Waals surface area contributed by atoms with Crippen LogP contribution in [-0.4, -0.2) is 44.3 Å². The molecule has 4 aromatic rings. The number of carbonyl (C=O) groups excluding carboxylic acids is 2. The molecular formula is C34H35BrClN3O4S. The topological polar surface area (TPSA) is 86.8 Å². The first-order chi connectivity index (χ1) is 21.1. The standard InChI is InChI=1S/C34H35BrClN3O4S/c1-3-20-37-34(41)32(22-26-10-6-4-7-11-26)38(23-27-14-16-28(35)17-15-27)33(40)24-39(31-19-18-29(36)21-25(31)2)44(42,43)30-12-8-5-9-13-30/h4-19,21,32H,3,20,22-24H2,1-2H3,(H,37,41)/t32-/m0/s1. The molecule has 2 amide bonds. The number of benzene rings is 4. The largest absolute Gasteiger partial charge is 0.354 e. The monoisotopic (exact) mass is 695 g/mol. The summed E-state index contributed by atoms with van der Waals surface area (Å²) in [6.07, 6.45) is 0.980. The van der Waals surface area contributed by atoms with Crippen LogP contribution >= 0.6 is 27.5 Å². The van der Waals surface area contributed by atoms with Crippen LogP contribution in [0.1, 0.15) is 30.0 Å². The van der Waals surface area contributed by atoms with Gasteiger partial charge in [0.15, 0.2) is 0 Å². The number of hydrogen-bond donors (Lipinski definition) is 1. The predicted octanol–water partition coefficient (Wildman–Crippen LogP) is 6.77. The molecule has 0 spiro atoms. The third-order valence-electron chi connectivity index (χ3n) is 7.12. The summed E-state index contributed by atoms with van der Waals surface area (Å²) in [5, 5.41) is 3.40. The molecule has 0 aliphatic heterocycles. The Morgan fingerprint density at radius 3 is 2.14 bits per heavy atom. The van der Waals surface area contributed by atoms with E-state index in [1.807, 2.05) is 61.5 Å². The molecule has 0 aliphatic rings. The van der Waals surface area contributed by atoms with Gasteiger partial charge in [0.2, 0.25) is 11.8 Å². The molecule has 0 unspecified atom stereocenters. The zero-order valence-electron chi connectivity index (χ0n) is 24.6. The Bertz CT molecular complexity index is 1670. The molecule has 0 saturated carbocycles. The zero-order valence-corrected chi connectivity index (χ0v) is 27.8. The quantitative estimate of drug-likeness (QED) is 0.167. The summed E-state index contributed by atoms with van der Waals surface area (Å²) in [4.78, 5) is 29.7. The Kier molecular flexibility index (Phi) is 11.6. The van der Waals surface area contributed by atoms with Gasteiger partial charge in [0.05, 0.1) is 10.6 Å². The lowest BCUT2D eigenvalue weighted by Gasteiger charge is -2.34. The summed E-state index contributed by atoms with van der Waals surface area (Å²) < 4.78 is 30.2. The van der Waals surface area contributed by atoms with Gasteiger partial charge in [-0.25, -0.2) is 8.42 Å². The fourth-order valence-electron chi connectivity index (χ4n) is 4.84. The van der Waals surface area contributed by atoms with Crippen LogP contribution in [0.15, 0.2) is 112 Å². The molecule has 0 aliphatic carbocycles. The second-order valence-corrected chi connectivity index (χ2v) is 13.6. The molecule has 10 heteroatoms. The van der Waals surface area contributed by atoms with Crippen LogP contribution in [0.5, 0.6) is 0 Å². The van der Waals surface area contributed by atoms with E-state index in [0.29, 0.717) is 22.8 Å². The first-order valence-electron chi connectivity index (χ1n) is 14.3. The van der Waals surface area contributed by atoms with E-state index in [1.165, 1.54) is 17.0 Å². The summed E-state index contributed by atoms with van der Waals surface area (Å²) in [6, 6.07) is 28.9. The van der Waals surface area contributed by atoms with Gasteiger partial charge in [0, 0.05) is 29.0 Å². The van der Waals surface area contributed by atoms with Gasteiger partial charge in [-0.05, 0) is 72.5 Å². The van der Waals surface area contributed by atoms with Gasteiger partial charge in [-0.15, -0.1) is 0 Å². The van der Waals surface area contributed by atoms with Gasteiger partial charge in [0.1, 0.15) is 12.6 Å². The molecule has 0 aromatic heterocycles. The van der Waals surface area contributed by atoms with Crippen LogP contribution in [0, 0.1) is 6.92 Å². The fourth-order valence-corrected chi connectivity index (χ4v) is 6.83. The smallest absolute Gasteiger partial charge is 0.264 e. The lowest BCUT2D eigenvalue weighted by Crippen LogP contribution is -2.53. The van der Waals surface area contributed by atoms with Gasteiger partial charge in [-0.3, -0.25) is 13.9 Å². The van der Waals surface area contributed by atoms with Crippen molar-refractivity contribution in [2.75, 3.05) is 17.4 Å². The summed E-state index contributed by atoms with van der Waals surface area (Å²) >= 11 is 9.67. The minimum absolute atomic E-state index is 0.0446. The van der Waals surface area contributed by atoms with Crippen molar-refractivity contribution in [3.63, 3.8) is 0 Å². The Morgan fingerprint density at radius 1 is 0.886 bits per heavy atom. The van der Waals surface area contributed by atoms with Crippen LogP contribution in [0.4, 0.5) is 5.69 Å². The summed E-state index contributed by atoms with van der Waals surface area (Å²) in [5.41, 5.74) is 2.58. The highest BCUT2D eigenvalue weighted by atomic mass is 79.9. The molecule has 0 saturated heterocycles. The number of nitrogens with zero attached hydrogens (tertiary/aromatic N) is 2. The number of halogens is 2. The summed E-state index contributed by atoms with van der Waals surface area (Å²) in [6.45, 7) is 3.72. The average Bonchev–Trinajstić information content (AvgIpc) is 3.02. The van der Waals surface area contributed by atoms with Crippen LogP contribution < -0.4 is 9.62 Å². The number of hydrogen-bond acceptors (Lipinski definition) is 4. The van der Waals surface area contributed by atoms with Crippen LogP contribution in [0.3, 0.4) is 0 Å². The molecule has 7 nitrogen and oxygen atoms in total. The normalized spacial score (nSPS) is 11.9. The third-order valence-corrected chi connectivity index (χ3v) is 9.66. The molecule has 4 rings (SSSR count). The van der Waals surface area contributed by atoms with Crippen molar-refractivity contribution >= 4 is 55.1 Å². The highest BCUT2D eigenvalue weighted by molar-refractivity contribution is 9.10. The first-order valence-corrected chi connectivity index (χ1v) is 16.9. The fraction of sp³-hybridized carbons (Fsp3) is 0.235. The summed E-state index contributed by atoms with van der Waals surface area (Å²) in [5.74, 6) is -0.823. The van der Waals surface area contributed by atoms with Crippen LogP contribution in [0.2, 0.25) is 5.02 Å². The first kappa shape index (κ1) is 33.2. The van der Waals surface area contributed by atoms with Gasteiger partial charge >= 0.3 is 0 Å². The lowest BCUT2D eigenvalue weighted by atomic mass is 10.0. The Morgan fingerprint density at radius 2 is 1.52 bits per heavy atom. The van der Waals surface area contributed by atoms with E-state index in [4.69, 9.17) is 11.6 Å². The zero-order chi connectivity index (χ0) is 31.7. The highest BCUT2D eigenvalue weighted by Crippen LogP contribution is 2.29. The molecule has 1 atom stereocenters. The van der Waals surface area contributed by atoms with E-state index in [1.54, 1.807) is 43.3 Å². The number of amides is 2. The minimum Gasteiger partial charge on any atom is -0.354 e. The van der Waals surface area contributed by atoms with Gasteiger partial charge < -0.3 is 10.2 Å². The van der Waals surface area contributed by atoms with Crippen molar-refractivity contribution in [3.8, 4) is 0 Å². The van der Waals surface area contributed by atoms with Crippen LogP contribution in [-0.2, 0) is 32.6 Å². The molecular weight excluding hydrogens is 662 g/mol. The Labute approximate surface area is 273 Å². The maximum absolute atomic E-state index is 14.5. The maximum atomic E-state index is 14.5. The Hall–Kier alpha value is -3.66. The summed E-state index contributed by atoms with van der Waals surface area (Å²) in [7, 11) is -4.18.